The molecule has 122 valence electrons. The van der Waals surface area contributed by atoms with Gasteiger partial charge in [0.15, 0.2) is 0 Å². The van der Waals surface area contributed by atoms with Crippen LogP contribution >= 0.6 is 0 Å². The van der Waals surface area contributed by atoms with Crippen molar-refractivity contribution in [1.29, 1.82) is 0 Å². The fourth-order valence-corrected chi connectivity index (χ4v) is 3.29. The SMILES string of the molecule is C/C=C\c1cc2ccccc2cc1CNc1ccc2ccccc2c1. The van der Waals surface area contributed by atoms with E-state index in [-0.39, 0.29) is 0 Å². The van der Waals surface area contributed by atoms with Crippen LogP contribution in [0, 0.1) is 0 Å². The standard InChI is InChI=1S/C24H21N/c1-2-7-19-14-20-9-5-6-10-21(20)15-23(19)17-25-24-13-12-18-8-3-4-11-22(18)16-24/h2-16,25H,17H2,1H3/b7-2-. The molecule has 0 spiro atoms. The van der Waals surface area contributed by atoms with Crippen LogP contribution in [0.5, 0.6) is 0 Å². The normalized spacial score (nSPS) is 11.4. The third-order valence-electron chi connectivity index (χ3n) is 4.59. The molecule has 0 radical (unpaired) electrons. The number of allylic oxidation sites excluding steroid dienone is 1. The van der Waals surface area contributed by atoms with Crippen LogP contribution in [0.25, 0.3) is 27.6 Å². The number of hydrogen-bond acceptors (Lipinski definition) is 1. The maximum absolute atomic E-state index is 3.58. The largest absolute Gasteiger partial charge is 0.381 e. The monoisotopic (exact) mass is 323 g/mol. The minimum Gasteiger partial charge on any atom is -0.381 e. The molecule has 0 saturated heterocycles. The highest BCUT2D eigenvalue weighted by molar-refractivity contribution is 5.87. The van der Waals surface area contributed by atoms with E-state index in [0.29, 0.717) is 0 Å². The van der Waals surface area contributed by atoms with Crippen molar-refractivity contribution in [1.82, 2.24) is 0 Å². The Morgan fingerprint density at radius 2 is 1.36 bits per heavy atom. The zero-order valence-electron chi connectivity index (χ0n) is 14.4. The smallest absolute Gasteiger partial charge is 0.0406 e. The van der Waals surface area contributed by atoms with E-state index < -0.39 is 0 Å². The fourth-order valence-electron chi connectivity index (χ4n) is 3.29. The molecular weight excluding hydrogens is 302 g/mol. The Morgan fingerprint density at radius 1 is 0.720 bits per heavy atom. The zero-order valence-corrected chi connectivity index (χ0v) is 14.4. The number of rotatable bonds is 4. The van der Waals surface area contributed by atoms with Gasteiger partial charge >= 0.3 is 0 Å². The second kappa shape index (κ2) is 6.82. The molecule has 0 aliphatic heterocycles. The first-order chi connectivity index (χ1) is 12.3. The maximum Gasteiger partial charge on any atom is 0.0406 e. The number of fused-ring (bicyclic) bond motifs is 2. The summed E-state index contributed by atoms with van der Waals surface area (Å²) in [5.41, 5.74) is 3.73. The Kier molecular flexibility index (Phi) is 4.22. The van der Waals surface area contributed by atoms with Gasteiger partial charge in [-0.05, 0) is 63.9 Å². The molecule has 0 aliphatic rings. The topological polar surface area (TPSA) is 12.0 Å². The van der Waals surface area contributed by atoms with E-state index in [4.69, 9.17) is 0 Å². The minimum absolute atomic E-state index is 0.808. The van der Waals surface area contributed by atoms with Crippen LogP contribution in [-0.4, -0.2) is 0 Å². The Bertz CT molecular complexity index is 1060. The van der Waals surface area contributed by atoms with E-state index >= 15 is 0 Å². The molecule has 1 heteroatoms. The van der Waals surface area contributed by atoms with E-state index in [1.807, 2.05) is 0 Å². The van der Waals surface area contributed by atoms with Crippen molar-refractivity contribution in [3.8, 4) is 0 Å². The van der Waals surface area contributed by atoms with Crippen molar-refractivity contribution < 1.29 is 0 Å². The van der Waals surface area contributed by atoms with Gasteiger partial charge in [-0.1, -0.05) is 66.7 Å². The van der Waals surface area contributed by atoms with Gasteiger partial charge in [-0.15, -0.1) is 0 Å². The summed E-state index contributed by atoms with van der Waals surface area (Å²) in [7, 11) is 0. The fraction of sp³-hybridized carbons (Fsp3) is 0.0833. The average molecular weight is 323 g/mol. The second-order valence-corrected chi connectivity index (χ2v) is 6.31. The van der Waals surface area contributed by atoms with E-state index in [1.165, 1.54) is 32.7 Å². The molecule has 1 N–H and O–H groups in total. The maximum atomic E-state index is 3.58. The van der Waals surface area contributed by atoms with Crippen molar-refractivity contribution in [3.63, 3.8) is 0 Å². The molecular formula is C24H21N. The van der Waals surface area contributed by atoms with Gasteiger partial charge in [-0.25, -0.2) is 0 Å². The lowest BCUT2D eigenvalue weighted by Gasteiger charge is -2.12. The van der Waals surface area contributed by atoms with Gasteiger partial charge in [0.2, 0.25) is 0 Å². The molecule has 0 saturated carbocycles. The van der Waals surface area contributed by atoms with Crippen LogP contribution in [0.1, 0.15) is 18.1 Å². The highest BCUT2D eigenvalue weighted by Crippen LogP contribution is 2.24. The van der Waals surface area contributed by atoms with Gasteiger partial charge in [-0.2, -0.15) is 0 Å². The molecule has 0 bridgehead atoms. The molecule has 0 unspecified atom stereocenters. The molecule has 0 fully saturated rings. The molecule has 1 nitrogen and oxygen atoms in total. The van der Waals surface area contributed by atoms with Crippen molar-refractivity contribution in [2.75, 3.05) is 5.32 Å². The summed E-state index contributed by atoms with van der Waals surface area (Å²) in [5, 5.41) is 8.68. The van der Waals surface area contributed by atoms with Gasteiger partial charge in [0, 0.05) is 12.2 Å². The lowest BCUT2D eigenvalue weighted by molar-refractivity contribution is 1.15. The van der Waals surface area contributed by atoms with Crippen LogP contribution in [0.4, 0.5) is 5.69 Å². The van der Waals surface area contributed by atoms with E-state index in [2.05, 4.69) is 103 Å². The molecule has 4 rings (SSSR count). The lowest BCUT2D eigenvalue weighted by atomic mass is 10.00. The Hall–Kier alpha value is -3.06. The Labute approximate surface area is 148 Å². The van der Waals surface area contributed by atoms with Gasteiger partial charge in [0.05, 0.1) is 0 Å². The van der Waals surface area contributed by atoms with Crippen molar-refractivity contribution in [2.45, 2.75) is 13.5 Å². The summed E-state index contributed by atoms with van der Waals surface area (Å²) in [5.74, 6) is 0. The van der Waals surface area contributed by atoms with Crippen molar-refractivity contribution >= 4 is 33.3 Å². The first-order valence-corrected chi connectivity index (χ1v) is 8.70. The van der Waals surface area contributed by atoms with E-state index in [0.717, 1.165) is 12.2 Å². The molecule has 4 aromatic rings. The highest BCUT2D eigenvalue weighted by atomic mass is 14.9. The van der Waals surface area contributed by atoms with Crippen LogP contribution in [0.2, 0.25) is 0 Å². The molecule has 0 aliphatic carbocycles. The van der Waals surface area contributed by atoms with Crippen molar-refractivity contribution in [2.24, 2.45) is 0 Å². The third-order valence-corrected chi connectivity index (χ3v) is 4.59. The van der Waals surface area contributed by atoms with Crippen LogP contribution in [0.3, 0.4) is 0 Å². The zero-order chi connectivity index (χ0) is 17.1. The molecule has 0 amide bonds. The molecule has 0 aromatic heterocycles. The van der Waals surface area contributed by atoms with E-state index in [9.17, 15) is 0 Å². The van der Waals surface area contributed by atoms with Crippen LogP contribution < -0.4 is 5.32 Å². The predicted molar refractivity (Wildman–Crippen MR) is 110 cm³/mol. The molecule has 0 heterocycles. The molecule has 0 atom stereocenters. The Balaban J connectivity index is 1.65. The van der Waals surface area contributed by atoms with Gasteiger partial charge in [0.25, 0.3) is 0 Å². The minimum atomic E-state index is 0.808. The first kappa shape index (κ1) is 15.5. The lowest BCUT2D eigenvalue weighted by Crippen LogP contribution is -2.01. The van der Waals surface area contributed by atoms with Crippen LogP contribution in [-0.2, 0) is 6.54 Å². The highest BCUT2D eigenvalue weighted by Gasteiger charge is 2.04. The van der Waals surface area contributed by atoms with Gasteiger partial charge in [-0.3, -0.25) is 0 Å². The van der Waals surface area contributed by atoms with Gasteiger partial charge in [0.1, 0.15) is 0 Å². The summed E-state index contributed by atoms with van der Waals surface area (Å²) in [6, 6.07) is 28.1. The number of hydrogen-bond donors (Lipinski definition) is 1. The second-order valence-electron chi connectivity index (χ2n) is 6.31. The summed E-state index contributed by atoms with van der Waals surface area (Å²) in [6.45, 7) is 2.87. The molecule has 25 heavy (non-hydrogen) atoms. The summed E-state index contributed by atoms with van der Waals surface area (Å²) in [6.07, 6.45) is 4.29. The quantitative estimate of drug-likeness (QED) is 0.444. The van der Waals surface area contributed by atoms with Crippen LogP contribution in [0.15, 0.2) is 84.9 Å². The summed E-state index contributed by atoms with van der Waals surface area (Å²) in [4.78, 5) is 0. The molecule has 4 aromatic carbocycles. The Morgan fingerprint density at radius 3 is 2.08 bits per heavy atom. The number of anilines is 1. The number of nitrogens with one attached hydrogen (secondary N) is 1. The van der Waals surface area contributed by atoms with Gasteiger partial charge < -0.3 is 5.32 Å². The summed E-state index contributed by atoms with van der Waals surface area (Å²) >= 11 is 0. The number of benzene rings is 4. The first-order valence-electron chi connectivity index (χ1n) is 8.70. The van der Waals surface area contributed by atoms with Crippen molar-refractivity contribution in [3.05, 3.63) is 96.1 Å². The summed E-state index contributed by atoms with van der Waals surface area (Å²) < 4.78 is 0. The average Bonchev–Trinajstić information content (AvgIpc) is 2.66. The van der Waals surface area contributed by atoms with E-state index in [1.54, 1.807) is 0 Å². The predicted octanol–water partition coefficient (Wildman–Crippen LogP) is 6.64. The third kappa shape index (κ3) is 3.27.